The molecule has 0 aromatic heterocycles. The molecule has 48 valence electrons. The number of alkyl halides is 1. The van der Waals surface area contributed by atoms with E-state index in [1.807, 2.05) is 0 Å². The molecule has 0 spiro atoms. The highest BCUT2D eigenvalue weighted by Gasteiger charge is 2.11. The largest absolute Gasteiger partial charge is 0.457 e. The molecule has 0 aromatic carbocycles. The number of piperidine rings is 1. The zero-order valence-corrected chi connectivity index (χ0v) is 4.94. The third-order valence-corrected chi connectivity index (χ3v) is 1.45. The van der Waals surface area contributed by atoms with Gasteiger partial charge in [-0.1, -0.05) is 0 Å². The first-order valence-corrected chi connectivity index (χ1v) is 2.98. The molecule has 0 amide bonds. The third kappa shape index (κ3) is 1.44. The van der Waals surface area contributed by atoms with E-state index in [0.29, 0.717) is 6.54 Å². The van der Waals surface area contributed by atoms with Crippen molar-refractivity contribution in [3.8, 4) is 0 Å². The minimum atomic E-state index is -0.624. The van der Waals surface area contributed by atoms with E-state index < -0.39 is 6.17 Å². The van der Waals surface area contributed by atoms with Crippen molar-refractivity contribution in [3.63, 3.8) is 0 Å². The molecule has 1 unspecified atom stereocenters. The molecule has 1 nitrogen and oxygen atoms in total. The normalized spacial score (nSPS) is 33.0. The SMILES string of the molecule is [CH2-]N1CCCC(F)C1. The summed E-state index contributed by atoms with van der Waals surface area (Å²) >= 11 is 0. The zero-order chi connectivity index (χ0) is 5.98. The highest BCUT2D eigenvalue weighted by atomic mass is 19.1. The minimum absolute atomic E-state index is 0.528. The second kappa shape index (κ2) is 2.44. The van der Waals surface area contributed by atoms with Crippen molar-refractivity contribution >= 4 is 0 Å². The fourth-order valence-corrected chi connectivity index (χ4v) is 0.999. The van der Waals surface area contributed by atoms with E-state index in [1.54, 1.807) is 4.90 Å². The molecule has 1 aliphatic rings. The van der Waals surface area contributed by atoms with Gasteiger partial charge in [0.2, 0.25) is 0 Å². The lowest BCUT2D eigenvalue weighted by molar-refractivity contribution is 0.178. The van der Waals surface area contributed by atoms with Crippen LogP contribution in [-0.2, 0) is 0 Å². The van der Waals surface area contributed by atoms with Gasteiger partial charge < -0.3 is 4.90 Å². The van der Waals surface area contributed by atoms with Crippen LogP contribution in [0.4, 0.5) is 4.39 Å². The Bertz CT molecular complexity index is 66.9. The lowest BCUT2D eigenvalue weighted by Crippen LogP contribution is -2.31. The Morgan fingerprint density at radius 1 is 1.62 bits per heavy atom. The molecule has 0 saturated carbocycles. The van der Waals surface area contributed by atoms with Crippen molar-refractivity contribution in [2.75, 3.05) is 13.1 Å². The van der Waals surface area contributed by atoms with Gasteiger partial charge in [-0.25, -0.2) is 4.39 Å². The molecule has 1 heterocycles. The number of likely N-dealkylation sites (tertiary alicyclic amines) is 1. The second-order valence-electron chi connectivity index (χ2n) is 2.32. The maximum absolute atomic E-state index is 12.4. The van der Waals surface area contributed by atoms with Crippen LogP contribution in [0, 0.1) is 7.05 Å². The van der Waals surface area contributed by atoms with Gasteiger partial charge in [-0.15, -0.1) is 0 Å². The molecule has 0 bridgehead atoms. The average molecular weight is 116 g/mol. The van der Waals surface area contributed by atoms with E-state index in [-0.39, 0.29) is 0 Å². The maximum Gasteiger partial charge on any atom is 0.110 e. The number of halogens is 1. The van der Waals surface area contributed by atoms with Gasteiger partial charge in [0.1, 0.15) is 6.17 Å². The first-order chi connectivity index (χ1) is 3.79. The van der Waals surface area contributed by atoms with Crippen LogP contribution in [-0.4, -0.2) is 24.2 Å². The molecular formula is C6H11FN-. The topological polar surface area (TPSA) is 3.24 Å². The van der Waals surface area contributed by atoms with E-state index in [1.165, 1.54) is 0 Å². The molecule has 0 aromatic rings. The summed E-state index contributed by atoms with van der Waals surface area (Å²) in [5.74, 6) is 0. The fourth-order valence-electron chi connectivity index (χ4n) is 0.999. The third-order valence-electron chi connectivity index (χ3n) is 1.45. The smallest absolute Gasteiger partial charge is 0.110 e. The van der Waals surface area contributed by atoms with Gasteiger partial charge in [-0.05, 0) is 19.4 Å². The molecule has 1 aliphatic heterocycles. The minimum Gasteiger partial charge on any atom is -0.457 e. The average Bonchev–Trinajstić information content (AvgIpc) is 1.64. The summed E-state index contributed by atoms with van der Waals surface area (Å²) in [6.45, 7) is 1.49. The first-order valence-electron chi connectivity index (χ1n) is 2.98. The Balaban J connectivity index is 2.23. The number of rotatable bonds is 0. The van der Waals surface area contributed by atoms with E-state index in [9.17, 15) is 4.39 Å². The standard InChI is InChI=1S/C6H11FN/c1-8-4-2-3-6(7)5-8/h6H,1-5H2/q-1. The lowest BCUT2D eigenvalue weighted by atomic mass is 10.1. The van der Waals surface area contributed by atoms with E-state index in [4.69, 9.17) is 0 Å². The molecule has 2 heteroatoms. The summed E-state index contributed by atoms with van der Waals surface area (Å²) in [5.41, 5.74) is 0. The van der Waals surface area contributed by atoms with Crippen LogP contribution in [0.25, 0.3) is 0 Å². The highest BCUT2D eigenvalue weighted by Crippen LogP contribution is 2.10. The Morgan fingerprint density at radius 3 is 2.75 bits per heavy atom. The summed E-state index contributed by atoms with van der Waals surface area (Å²) in [7, 11) is 3.64. The molecule has 1 saturated heterocycles. The molecule has 0 radical (unpaired) electrons. The summed E-state index contributed by atoms with van der Waals surface area (Å²) in [6.07, 6.45) is 1.07. The zero-order valence-electron chi connectivity index (χ0n) is 4.94. The summed E-state index contributed by atoms with van der Waals surface area (Å²) in [6, 6.07) is 0. The van der Waals surface area contributed by atoms with E-state index >= 15 is 0 Å². The van der Waals surface area contributed by atoms with Gasteiger partial charge in [0, 0.05) is 6.54 Å². The van der Waals surface area contributed by atoms with Gasteiger partial charge in [0.25, 0.3) is 0 Å². The molecule has 8 heavy (non-hydrogen) atoms. The fraction of sp³-hybridized carbons (Fsp3) is 0.833. The first kappa shape index (κ1) is 6.02. The highest BCUT2D eigenvalue weighted by molar-refractivity contribution is 4.70. The van der Waals surface area contributed by atoms with Crippen LogP contribution in [0.15, 0.2) is 0 Å². The predicted octanol–water partition coefficient (Wildman–Crippen LogP) is 1.21. The van der Waals surface area contributed by atoms with Crippen molar-refractivity contribution in [1.82, 2.24) is 4.90 Å². The summed E-state index contributed by atoms with van der Waals surface area (Å²) in [5, 5.41) is 0. The second-order valence-corrected chi connectivity index (χ2v) is 2.32. The van der Waals surface area contributed by atoms with Crippen LogP contribution >= 0.6 is 0 Å². The van der Waals surface area contributed by atoms with Gasteiger partial charge in [0.05, 0.1) is 0 Å². The van der Waals surface area contributed by atoms with Crippen molar-refractivity contribution in [1.29, 1.82) is 0 Å². The van der Waals surface area contributed by atoms with Gasteiger partial charge in [-0.3, -0.25) is 7.05 Å². The lowest BCUT2D eigenvalue weighted by Gasteiger charge is -2.31. The Morgan fingerprint density at radius 2 is 2.38 bits per heavy atom. The Hall–Kier alpha value is -0.110. The van der Waals surface area contributed by atoms with Crippen LogP contribution < -0.4 is 0 Å². The van der Waals surface area contributed by atoms with Crippen molar-refractivity contribution in [3.05, 3.63) is 7.05 Å². The summed E-state index contributed by atoms with van der Waals surface area (Å²) in [4.78, 5) is 1.79. The predicted molar refractivity (Wildman–Crippen MR) is 31.1 cm³/mol. The van der Waals surface area contributed by atoms with Gasteiger partial charge in [0.15, 0.2) is 0 Å². The number of hydrogen-bond donors (Lipinski definition) is 0. The van der Waals surface area contributed by atoms with Gasteiger partial charge >= 0.3 is 0 Å². The molecule has 1 rings (SSSR count). The van der Waals surface area contributed by atoms with Crippen LogP contribution in [0.2, 0.25) is 0 Å². The van der Waals surface area contributed by atoms with Crippen molar-refractivity contribution in [2.45, 2.75) is 19.0 Å². The van der Waals surface area contributed by atoms with Crippen LogP contribution in [0.5, 0.6) is 0 Å². The monoisotopic (exact) mass is 116 g/mol. The van der Waals surface area contributed by atoms with Crippen molar-refractivity contribution in [2.24, 2.45) is 0 Å². The molecule has 0 aliphatic carbocycles. The Labute approximate surface area is 49.5 Å². The van der Waals surface area contributed by atoms with E-state index in [0.717, 1.165) is 19.4 Å². The maximum atomic E-state index is 12.4. The summed E-state index contributed by atoms with van der Waals surface area (Å²) < 4.78 is 12.4. The number of nitrogens with zero attached hydrogens (tertiary/aromatic N) is 1. The van der Waals surface area contributed by atoms with Crippen LogP contribution in [0.3, 0.4) is 0 Å². The van der Waals surface area contributed by atoms with Gasteiger partial charge in [-0.2, -0.15) is 0 Å². The molecule has 0 N–H and O–H groups in total. The number of hydrogen-bond acceptors (Lipinski definition) is 1. The quantitative estimate of drug-likeness (QED) is 0.430. The molecular weight excluding hydrogens is 105 g/mol. The van der Waals surface area contributed by atoms with Crippen LogP contribution in [0.1, 0.15) is 12.8 Å². The van der Waals surface area contributed by atoms with Crippen molar-refractivity contribution < 1.29 is 4.39 Å². The van der Waals surface area contributed by atoms with E-state index in [2.05, 4.69) is 7.05 Å². The Kier molecular flexibility index (Phi) is 1.84. The molecule has 1 atom stereocenters. The molecule has 1 fully saturated rings.